The Hall–Kier alpha value is 0.394. The molecule has 0 aromatic carbocycles. The molecule has 0 bridgehead atoms. The third kappa shape index (κ3) is 7.46. The SMILES string of the molecule is CCC(C)O[Si](C)(C)C[Si](C)(C)C. The summed E-state index contributed by atoms with van der Waals surface area (Å²) in [6, 6.07) is 0. The van der Waals surface area contributed by atoms with Crippen molar-refractivity contribution in [2.45, 2.75) is 64.8 Å². The van der Waals surface area contributed by atoms with Crippen molar-refractivity contribution >= 4 is 16.4 Å². The van der Waals surface area contributed by atoms with Gasteiger partial charge in [-0.05, 0) is 32.1 Å². The van der Waals surface area contributed by atoms with Gasteiger partial charge in [-0.2, -0.15) is 0 Å². The average molecular weight is 218 g/mol. The van der Waals surface area contributed by atoms with Crippen molar-refractivity contribution in [2.75, 3.05) is 0 Å². The molecule has 0 aliphatic carbocycles. The number of hydrogen-bond acceptors (Lipinski definition) is 1. The molecular formula is C10H26OSi2. The molecule has 0 fully saturated rings. The van der Waals surface area contributed by atoms with Crippen LogP contribution in [0.3, 0.4) is 0 Å². The van der Waals surface area contributed by atoms with Crippen molar-refractivity contribution < 1.29 is 4.43 Å². The molecule has 0 N–H and O–H groups in total. The predicted molar refractivity (Wildman–Crippen MR) is 66.5 cm³/mol. The topological polar surface area (TPSA) is 9.23 Å². The molecule has 0 spiro atoms. The first-order valence-corrected chi connectivity index (χ1v) is 12.2. The Bertz CT molecular complexity index is 149. The fourth-order valence-electron chi connectivity index (χ4n) is 1.95. The largest absolute Gasteiger partial charge is 0.415 e. The van der Waals surface area contributed by atoms with Crippen LogP contribution in [0, 0.1) is 0 Å². The van der Waals surface area contributed by atoms with Gasteiger partial charge in [0, 0.05) is 14.2 Å². The molecule has 0 heterocycles. The molecule has 13 heavy (non-hydrogen) atoms. The van der Waals surface area contributed by atoms with E-state index in [-0.39, 0.29) is 0 Å². The molecule has 0 amide bonds. The number of hydrogen-bond donors (Lipinski definition) is 0. The minimum Gasteiger partial charge on any atom is -0.415 e. The van der Waals surface area contributed by atoms with Gasteiger partial charge in [-0.1, -0.05) is 26.6 Å². The summed E-state index contributed by atoms with van der Waals surface area (Å²) in [5, 5.41) is 0. The minimum atomic E-state index is -1.36. The molecule has 0 rings (SSSR count). The number of rotatable bonds is 5. The van der Waals surface area contributed by atoms with E-state index in [0.29, 0.717) is 6.10 Å². The predicted octanol–water partition coefficient (Wildman–Crippen LogP) is 3.88. The van der Waals surface area contributed by atoms with Gasteiger partial charge in [0.2, 0.25) is 0 Å². The molecule has 1 unspecified atom stereocenters. The summed E-state index contributed by atoms with van der Waals surface area (Å²) in [7, 11) is -2.30. The van der Waals surface area contributed by atoms with Crippen LogP contribution in [0.5, 0.6) is 0 Å². The summed E-state index contributed by atoms with van der Waals surface area (Å²) in [5.41, 5.74) is 1.38. The van der Waals surface area contributed by atoms with E-state index in [2.05, 4.69) is 46.6 Å². The quantitative estimate of drug-likeness (QED) is 0.636. The first-order valence-electron chi connectivity index (χ1n) is 5.34. The molecule has 0 aromatic heterocycles. The van der Waals surface area contributed by atoms with Crippen molar-refractivity contribution in [1.29, 1.82) is 0 Å². The second kappa shape index (κ2) is 4.76. The van der Waals surface area contributed by atoms with E-state index in [1.54, 1.807) is 0 Å². The Morgan fingerprint density at radius 2 is 1.54 bits per heavy atom. The lowest BCUT2D eigenvalue weighted by atomic mass is 10.3. The van der Waals surface area contributed by atoms with Crippen molar-refractivity contribution in [1.82, 2.24) is 0 Å². The molecule has 0 aliphatic rings. The molecule has 80 valence electrons. The normalized spacial score (nSPS) is 15.9. The Morgan fingerprint density at radius 3 is 1.85 bits per heavy atom. The summed E-state index contributed by atoms with van der Waals surface area (Å²) in [5.74, 6) is 0. The van der Waals surface area contributed by atoms with E-state index < -0.39 is 16.4 Å². The monoisotopic (exact) mass is 218 g/mol. The zero-order valence-corrected chi connectivity index (χ0v) is 12.4. The van der Waals surface area contributed by atoms with Crippen LogP contribution < -0.4 is 0 Å². The first-order chi connectivity index (χ1) is 5.66. The maximum absolute atomic E-state index is 6.14. The smallest absolute Gasteiger partial charge is 0.184 e. The molecule has 0 aromatic rings. The van der Waals surface area contributed by atoms with Crippen LogP contribution in [0.2, 0.25) is 38.4 Å². The third-order valence-corrected chi connectivity index (χ3v) is 10.7. The van der Waals surface area contributed by atoms with Crippen LogP contribution in [0.25, 0.3) is 0 Å². The Balaban J connectivity index is 4.08. The van der Waals surface area contributed by atoms with E-state index in [1.165, 1.54) is 5.67 Å². The molecule has 0 radical (unpaired) electrons. The standard InChI is InChI=1S/C10H26OSi2/c1-8-10(2)11-13(6,7)9-12(3,4)5/h10H,8-9H2,1-7H3. The van der Waals surface area contributed by atoms with Crippen molar-refractivity contribution in [3.8, 4) is 0 Å². The lowest BCUT2D eigenvalue weighted by Gasteiger charge is -2.31. The molecule has 0 saturated heterocycles. The van der Waals surface area contributed by atoms with E-state index >= 15 is 0 Å². The Morgan fingerprint density at radius 1 is 1.08 bits per heavy atom. The van der Waals surface area contributed by atoms with Crippen LogP contribution in [0.15, 0.2) is 0 Å². The highest BCUT2D eigenvalue weighted by Crippen LogP contribution is 2.22. The fourth-order valence-corrected chi connectivity index (χ4v) is 13.8. The van der Waals surface area contributed by atoms with Gasteiger partial charge in [0.25, 0.3) is 0 Å². The van der Waals surface area contributed by atoms with E-state index in [4.69, 9.17) is 4.43 Å². The summed E-state index contributed by atoms with van der Waals surface area (Å²) in [4.78, 5) is 0. The molecule has 1 nitrogen and oxygen atoms in total. The van der Waals surface area contributed by atoms with Crippen molar-refractivity contribution in [2.24, 2.45) is 0 Å². The van der Waals surface area contributed by atoms with Gasteiger partial charge in [-0.3, -0.25) is 0 Å². The highest BCUT2D eigenvalue weighted by molar-refractivity contribution is 6.92. The minimum absolute atomic E-state index is 0.456. The second-order valence-electron chi connectivity index (χ2n) is 5.83. The highest BCUT2D eigenvalue weighted by Gasteiger charge is 2.31. The van der Waals surface area contributed by atoms with Crippen LogP contribution in [0.4, 0.5) is 0 Å². The van der Waals surface area contributed by atoms with Gasteiger partial charge in [-0.15, -0.1) is 0 Å². The molecule has 1 atom stereocenters. The van der Waals surface area contributed by atoms with E-state index in [9.17, 15) is 0 Å². The van der Waals surface area contributed by atoms with Crippen LogP contribution in [0.1, 0.15) is 20.3 Å². The lowest BCUT2D eigenvalue weighted by Crippen LogP contribution is -2.42. The fraction of sp³-hybridized carbons (Fsp3) is 1.00. The zero-order chi connectivity index (χ0) is 10.7. The van der Waals surface area contributed by atoms with Gasteiger partial charge >= 0.3 is 0 Å². The maximum atomic E-state index is 6.14. The highest BCUT2D eigenvalue weighted by atomic mass is 28.4. The lowest BCUT2D eigenvalue weighted by molar-refractivity contribution is 0.208. The average Bonchev–Trinajstić information content (AvgIpc) is 1.80. The van der Waals surface area contributed by atoms with Crippen molar-refractivity contribution in [3.63, 3.8) is 0 Å². The van der Waals surface area contributed by atoms with Gasteiger partial charge in [-0.25, -0.2) is 0 Å². The Labute approximate surface area is 86.0 Å². The van der Waals surface area contributed by atoms with Crippen LogP contribution >= 0.6 is 0 Å². The first kappa shape index (κ1) is 13.4. The van der Waals surface area contributed by atoms with Gasteiger partial charge < -0.3 is 4.43 Å². The van der Waals surface area contributed by atoms with Crippen LogP contribution in [-0.2, 0) is 4.43 Å². The van der Waals surface area contributed by atoms with Crippen LogP contribution in [-0.4, -0.2) is 22.5 Å². The zero-order valence-electron chi connectivity index (χ0n) is 10.4. The van der Waals surface area contributed by atoms with Gasteiger partial charge in [0.15, 0.2) is 8.32 Å². The van der Waals surface area contributed by atoms with Crippen molar-refractivity contribution in [3.05, 3.63) is 0 Å². The van der Waals surface area contributed by atoms with E-state index in [1.807, 2.05) is 0 Å². The second-order valence-corrected chi connectivity index (χ2v) is 16.1. The third-order valence-electron chi connectivity index (χ3n) is 2.05. The summed E-state index contributed by atoms with van der Waals surface area (Å²) < 4.78 is 6.14. The van der Waals surface area contributed by atoms with Gasteiger partial charge in [0.1, 0.15) is 0 Å². The summed E-state index contributed by atoms with van der Waals surface area (Å²) >= 11 is 0. The summed E-state index contributed by atoms with van der Waals surface area (Å²) in [6.45, 7) is 16.4. The summed E-state index contributed by atoms with van der Waals surface area (Å²) in [6.07, 6.45) is 1.60. The maximum Gasteiger partial charge on any atom is 0.184 e. The molecule has 0 saturated carbocycles. The molecule has 0 aliphatic heterocycles. The van der Waals surface area contributed by atoms with Gasteiger partial charge in [0.05, 0.1) is 0 Å². The van der Waals surface area contributed by atoms with E-state index in [0.717, 1.165) is 6.42 Å². The Kier molecular flexibility index (Phi) is 4.90. The molecular weight excluding hydrogens is 192 g/mol. The molecule has 3 heteroatoms.